The number of hydrogen-bond acceptors (Lipinski definition) is 3. The van der Waals surface area contributed by atoms with Crippen LogP contribution < -0.4 is 5.32 Å². The van der Waals surface area contributed by atoms with Crippen LogP contribution in [0.2, 0.25) is 0 Å². The molecule has 2 aliphatic rings. The summed E-state index contributed by atoms with van der Waals surface area (Å²) >= 11 is 0. The number of piperazine rings is 1. The largest absolute Gasteiger partial charge is 0.395 e. The fourth-order valence-electron chi connectivity index (χ4n) is 3.07. The molecule has 0 aromatic rings. The molecule has 0 aromatic carbocycles. The van der Waals surface area contributed by atoms with Gasteiger partial charge in [-0.1, -0.05) is 19.3 Å². The van der Waals surface area contributed by atoms with Crippen molar-refractivity contribution >= 4 is 0 Å². The third-order valence-electron chi connectivity index (χ3n) is 3.79. The molecule has 0 spiro atoms. The Kier molecular flexibility index (Phi) is 4.00. The molecule has 3 nitrogen and oxygen atoms in total. The average Bonchev–Trinajstić information content (AvgIpc) is 2.29. The van der Waals surface area contributed by atoms with Crippen LogP contribution in [0, 0.1) is 0 Å². The highest BCUT2D eigenvalue weighted by Crippen LogP contribution is 2.24. The van der Waals surface area contributed by atoms with Crippen LogP contribution in [0.5, 0.6) is 0 Å². The third kappa shape index (κ3) is 2.92. The Morgan fingerprint density at radius 1 is 1.20 bits per heavy atom. The van der Waals surface area contributed by atoms with Crippen LogP contribution in [0.1, 0.15) is 39.0 Å². The van der Waals surface area contributed by atoms with Crippen molar-refractivity contribution in [1.29, 1.82) is 0 Å². The topological polar surface area (TPSA) is 35.5 Å². The van der Waals surface area contributed by atoms with Crippen LogP contribution >= 0.6 is 0 Å². The van der Waals surface area contributed by atoms with Gasteiger partial charge in [-0.25, -0.2) is 0 Å². The van der Waals surface area contributed by atoms with E-state index in [2.05, 4.69) is 17.1 Å². The first-order valence-electron chi connectivity index (χ1n) is 6.40. The molecule has 0 radical (unpaired) electrons. The van der Waals surface area contributed by atoms with E-state index in [0.29, 0.717) is 6.04 Å². The summed E-state index contributed by atoms with van der Waals surface area (Å²) in [5.74, 6) is 0. The molecule has 2 atom stereocenters. The Labute approximate surface area is 92.8 Å². The molecule has 1 heterocycles. The minimum atomic E-state index is 0.271. The lowest BCUT2D eigenvalue weighted by Crippen LogP contribution is -2.59. The van der Waals surface area contributed by atoms with E-state index in [4.69, 9.17) is 0 Å². The molecule has 0 aromatic heterocycles. The third-order valence-corrected chi connectivity index (χ3v) is 3.79. The van der Waals surface area contributed by atoms with Crippen molar-refractivity contribution in [1.82, 2.24) is 10.2 Å². The Bertz CT molecular complexity index is 192. The van der Waals surface area contributed by atoms with E-state index in [1.54, 1.807) is 0 Å². The van der Waals surface area contributed by atoms with Crippen LogP contribution in [0.15, 0.2) is 0 Å². The molecule has 2 unspecified atom stereocenters. The Balaban J connectivity index is 1.89. The summed E-state index contributed by atoms with van der Waals surface area (Å²) < 4.78 is 0. The molecular formula is C12H24N2O. The molecule has 3 heteroatoms. The van der Waals surface area contributed by atoms with Gasteiger partial charge in [-0.3, -0.25) is 4.90 Å². The maximum absolute atomic E-state index is 9.24. The second-order valence-corrected chi connectivity index (χ2v) is 5.19. The van der Waals surface area contributed by atoms with Crippen LogP contribution in [-0.4, -0.2) is 47.8 Å². The van der Waals surface area contributed by atoms with E-state index in [1.165, 1.54) is 32.1 Å². The molecule has 1 aliphatic heterocycles. The second kappa shape index (κ2) is 5.28. The van der Waals surface area contributed by atoms with Gasteiger partial charge >= 0.3 is 0 Å². The minimum absolute atomic E-state index is 0.271. The van der Waals surface area contributed by atoms with Crippen LogP contribution in [0.3, 0.4) is 0 Å². The van der Waals surface area contributed by atoms with Crippen molar-refractivity contribution in [2.24, 2.45) is 0 Å². The van der Waals surface area contributed by atoms with Gasteiger partial charge < -0.3 is 10.4 Å². The standard InChI is InChI=1S/C12H24N2O/c1-10-7-14(8-11(9-15)13-10)12-5-3-2-4-6-12/h10-13,15H,2-9H2,1H3. The molecule has 2 N–H and O–H groups in total. The van der Waals surface area contributed by atoms with Crippen molar-refractivity contribution in [2.75, 3.05) is 19.7 Å². The SMILES string of the molecule is CC1CN(C2CCCCC2)CC(CO)N1. The fourth-order valence-corrected chi connectivity index (χ4v) is 3.07. The van der Waals surface area contributed by atoms with E-state index < -0.39 is 0 Å². The van der Waals surface area contributed by atoms with Gasteiger partial charge in [0.2, 0.25) is 0 Å². The monoisotopic (exact) mass is 212 g/mol. The summed E-state index contributed by atoms with van der Waals surface area (Å²) in [5, 5.41) is 12.7. The van der Waals surface area contributed by atoms with Crippen LogP contribution in [0.4, 0.5) is 0 Å². The molecule has 88 valence electrons. The van der Waals surface area contributed by atoms with Gasteiger partial charge in [-0.15, -0.1) is 0 Å². The lowest BCUT2D eigenvalue weighted by Gasteiger charge is -2.42. The first-order chi connectivity index (χ1) is 7.29. The lowest BCUT2D eigenvalue weighted by molar-refractivity contribution is 0.0739. The number of aliphatic hydroxyl groups excluding tert-OH is 1. The number of nitrogens with one attached hydrogen (secondary N) is 1. The zero-order valence-electron chi connectivity index (χ0n) is 9.78. The zero-order valence-corrected chi connectivity index (χ0v) is 9.78. The van der Waals surface area contributed by atoms with Crippen molar-refractivity contribution in [3.05, 3.63) is 0 Å². The van der Waals surface area contributed by atoms with Crippen molar-refractivity contribution in [3.63, 3.8) is 0 Å². The molecule has 0 amide bonds. The predicted molar refractivity (Wildman–Crippen MR) is 61.9 cm³/mol. The number of nitrogens with zero attached hydrogens (tertiary/aromatic N) is 1. The van der Waals surface area contributed by atoms with Gasteiger partial charge in [0.25, 0.3) is 0 Å². The summed E-state index contributed by atoms with van der Waals surface area (Å²) in [6.45, 7) is 4.68. The summed E-state index contributed by atoms with van der Waals surface area (Å²) in [6.07, 6.45) is 6.94. The molecule has 1 aliphatic carbocycles. The van der Waals surface area contributed by atoms with Gasteiger partial charge in [0, 0.05) is 31.2 Å². The molecular weight excluding hydrogens is 188 g/mol. The van der Waals surface area contributed by atoms with Crippen LogP contribution in [0.25, 0.3) is 0 Å². The average molecular weight is 212 g/mol. The van der Waals surface area contributed by atoms with E-state index >= 15 is 0 Å². The Hall–Kier alpha value is -0.120. The first kappa shape index (κ1) is 11.4. The van der Waals surface area contributed by atoms with E-state index in [1.807, 2.05) is 0 Å². The Morgan fingerprint density at radius 3 is 2.60 bits per heavy atom. The van der Waals surface area contributed by atoms with E-state index in [0.717, 1.165) is 19.1 Å². The molecule has 15 heavy (non-hydrogen) atoms. The fraction of sp³-hybridized carbons (Fsp3) is 1.00. The summed E-state index contributed by atoms with van der Waals surface area (Å²) in [4.78, 5) is 2.60. The molecule has 0 bridgehead atoms. The highest BCUT2D eigenvalue weighted by molar-refractivity contribution is 4.87. The first-order valence-corrected chi connectivity index (χ1v) is 6.40. The number of hydrogen-bond donors (Lipinski definition) is 2. The number of aliphatic hydroxyl groups is 1. The number of rotatable bonds is 2. The predicted octanol–water partition coefficient (Wildman–Crippen LogP) is 0.974. The smallest absolute Gasteiger partial charge is 0.0597 e. The summed E-state index contributed by atoms with van der Waals surface area (Å²) in [6, 6.07) is 1.60. The molecule has 2 fully saturated rings. The minimum Gasteiger partial charge on any atom is -0.395 e. The van der Waals surface area contributed by atoms with Gasteiger partial charge in [0.1, 0.15) is 0 Å². The second-order valence-electron chi connectivity index (χ2n) is 5.19. The summed E-state index contributed by atoms with van der Waals surface area (Å²) in [7, 11) is 0. The highest BCUT2D eigenvalue weighted by Gasteiger charge is 2.29. The Morgan fingerprint density at radius 2 is 1.93 bits per heavy atom. The van der Waals surface area contributed by atoms with Gasteiger partial charge in [-0.05, 0) is 19.8 Å². The molecule has 1 saturated heterocycles. The molecule has 2 rings (SSSR count). The normalized spacial score (nSPS) is 35.6. The maximum atomic E-state index is 9.24. The van der Waals surface area contributed by atoms with Crippen molar-refractivity contribution < 1.29 is 5.11 Å². The maximum Gasteiger partial charge on any atom is 0.0597 e. The van der Waals surface area contributed by atoms with Crippen LogP contribution in [-0.2, 0) is 0 Å². The quantitative estimate of drug-likeness (QED) is 0.716. The summed E-state index contributed by atoms with van der Waals surface area (Å²) in [5.41, 5.74) is 0. The van der Waals surface area contributed by atoms with Crippen molar-refractivity contribution in [2.45, 2.75) is 57.2 Å². The van der Waals surface area contributed by atoms with Gasteiger partial charge in [0.05, 0.1) is 6.61 Å². The highest BCUT2D eigenvalue weighted by atomic mass is 16.3. The van der Waals surface area contributed by atoms with E-state index in [9.17, 15) is 5.11 Å². The lowest BCUT2D eigenvalue weighted by atomic mass is 9.93. The van der Waals surface area contributed by atoms with E-state index in [-0.39, 0.29) is 12.6 Å². The van der Waals surface area contributed by atoms with Gasteiger partial charge in [0.15, 0.2) is 0 Å². The van der Waals surface area contributed by atoms with Gasteiger partial charge in [-0.2, -0.15) is 0 Å². The van der Waals surface area contributed by atoms with Crippen molar-refractivity contribution in [3.8, 4) is 0 Å². The zero-order chi connectivity index (χ0) is 10.7. The molecule has 1 saturated carbocycles.